The molecule has 2 N–H and O–H groups in total. The number of fused-ring (bicyclic) bond motifs is 1. The first-order valence-electron chi connectivity index (χ1n) is 10.2. The second kappa shape index (κ2) is 8.00. The van der Waals surface area contributed by atoms with Gasteiger partial charge in [-0.15, -0.1) is 0 Å². The van der Waals surface area contributed by atoms with Crippen molar-refractivity contribution in [2.75, 3.05) is 0 Å². The molecule has 5 nitrogen and oxygen atoms in total. The van der Waals surface area contributed by atoms with E-state index in [1.165, 1.54) is 6.07 Å². The molecule has 0 spiro atoms. The quantitative estimate of drug-likeness (QED) is 0.497. The van der Waals surface area contributed by atoms with Crippen LogP contribution in [0, 0.1) is 12.7 Å². The molecule has 4 rings (SSSR count). The number of aromatic nitrogens is 2. The number of nitrogens with zero attached hydrogens (tertiary/aromatic N) is 1. The molecule has 2 aromatic carbocycles. The summed E-state index contributed by atoms with van der Waals surface area (Å²) in [5.74, 6) is -0.418. The monoisotopic (exact) mass is 441 g/mol. The summed E-state index contributed by atoms with van der Waals surface area (Å²) in [5, 5.41) is 10.4. The number of aryl methyl sites for hydroxylation is 2. The predicted octanol–water partition coefficient (Wildman–Crippen LogP) is 6.36. The molecule has 162 valence electrons. The zero-order chi connectivity index (χ0) is 22.3. The van der Waals surface area contributed by atoms with Crippen molar-refractivity contribution in [2.24, 2.45) is 0 Å². The molecular weight excluding hydrogens is 417 g/mol. The number of ether oxygens (including phenoxy) is 1. The van der Waals surface area contributed by atoms with Crippen LogP contribution in [0.15, 0.2) is 36.4 Å². The molecule has 1 atom stereocenters. The highest BCUT2D eigenvalue weighted by atomic mass is 35.5. The number of hydrogen-bond acceptors (Lipinski definition) is 3. The zero-order valence-corrected chi connectivity index (χ0v) is 18.7. The molecule has 0 fully saturated rings. The minimum Gasteiger partial charge on any atom is -0.444 e. The fourth-order valence-corrected chi connectivity index (χ4v) is 4.20. The van der Waals surface area contributed by atoms with Crippen molar-refractivity contribution >= 4 is 17.7 Å². The maximum atomic E-state index is 14.9. The third kappa shape index (κ3) is 4.59. The number of carbonyl (C=O) groups excluding carboxylic acids is 1. The van der Waals surface area contributed by atoms with Crippen LogP contribution < -0.4 is 5.32 Å². The van der Waals surface area contributed by atoms with Gasteiger partial charge in [-0.2, -0.15) is 5.10 Å². The fourth-order valence-electron chi connectivity index (χ4n) is 3.99. The highest BCUT2D eigenvalue weighted by molar-refractivity contribution is 6.31. The number of amides is 1. The molecule has 0 bridgehead atoms. The van der Waals surface area contributed by atoms with Crippen LogP contribution in [0.2, 0.25) is 5.02 Å². The largest absolute Gasteiger partial charge is 0.444 e. The van der Waals surface area contributed by atoms with E-state index in [1.54, 1.807) is 6.07 Å². The molecule has 7 heteroatoms. The molecule has 1 aliphatic carbocycles. The van der Waals surface area contributed by atoms with E-state index in [-0.39, 0.29) is 6.04 Å². The van der Waals surface area contributed by atoms with E-state index < -0.39 is 17.5 Å². The number of rotatable bonds is 3. The number of benzene rings is 2. The molecule has 0 unspecified atom stereocenters. The van der Waals surface area contributed by atoms with Crippen LogP contribution in [-0.4, -0.2) is 21.9 Å². The Hall–Kier alpha value is -2.86. The van der Waals surface area contributed by atoms with Gasteiger partial charge in [-0.3, -0.25) is 5.10 Å². The van der Waals surface area contributed by atoms with Gasteiger partial charge in [-0.05, 0) is 81.0 Å². The molecule has 0 aliphatic heterocycles. The van der Waals surface area contributed by atoms with Crippen LogP contribution in [0.3, 0.4) is 0 Å². The van der Waals surface area contributed by atoms with Crippen LogP contribution in [0.4, 0.5) is 9.18 Å². The molecule has 1 aliphatic rings. The van der Waals surface area contributed by atoms with Crippen molar-refractivity contribution in [3.05, 3.63) is 64.1 Å². The third-order valence-electron chi connectivity index (χ3n) is 5.24. The van der Waals surface area contributed by atoms with Crippen molar-refractivity contribution in [2.45, 2.75) is 52.2 Å². The first kappa shape index (κ1) is 21.4. The topological polar surface area (TPSA) is 67.0 Å². The second-order valence-electron chi connectivity index (χ2n) is 8.90. The summed E-state index contributed by atoms with van der Waals surface area (Å²) in [7, 11) is 0. The molecular formula is C24H25ClFN3O2. The van der Waals surface area contributed by atoms with Crippen molar-refractivity contribution < 1.29 is 13.9 Å². The maximum Gasteiger partial charge on any atom is 0.408 e. The highest BCUT2D eigenvalue weighted by Gasteiger charge is 2.27. The van der Waals surface area contributed by atoms with Gasteiger partial charge in [0.05, 0.1) is 11.7 Å². The second-order valence-corrected chi connectivity index (χ2v) is 9.33. The summed E-state index contributed by atoms with van der Waals surface area (Å²) in [6, 6.07) is 10.7. The lowest BCUT2D eigenvalue weighted by Crippen LogP contribution is -2.34. The first-order chi connectivity index (χ1) is 14.6. The lowest BCUT2D eigenvalue weighted by atomic mass is 9.94. The maximum absolute atomic E-state index is 14.9. The molecule has 1 aromatic heterocycles. The third-order valence-corrected chi connectivity index (χ3v) is 5.46. The minimum absolute atomic E-state index is 0.108. The van der Waals surface area contributed by atoms with E-state index in [1.807, 2.05) is 52.0 Å². The Morgan fingerprint density at radius 3 is 2.71 bits per heavy atom. The number of H-pyrrole nitrogens is 1. The van der Waals surface area contributed by atoms with E-state index in [9.17, 15) is 9.18 Å². The summed E-state index contributed by atoms with van der Waals surface area (Å²) in [6.45, 7) is 7.38. The van der Waals surface area contributed by atoms with E-state index in [2.05, 4.69) is 15.5 Å². The van der Waals surface area contributed by atoms with Gasteiger partial charge in [0.2, 0.25) is 0 Å². The molecule has 1 amide bonds. The van der Waals surface area contributed by atoms with Crippen molar-refractivity contribution in [1.82, 2.24) is 15.5 Å². The number of carbonyl (C=O) groups is 1. The van der Waals surface area contributed by atoms with E-state index in [4.69, 9.17) is 16.3 Å². The smallest absolute Gasteiger partial charge is 0.408 e. The number of hydrogen-bond donors (Lipinski definition) is 2. The Balaban J connectivity index is 1.67. The van der Waals surface area contributed by atoms with Gasteiger partial charge in [0.1, 0.15) is 11.4 Å². The average Bonchev–Trinajstić information content (AvgIpc) is 3.25. The summed E-state index contributed by atoms with van der Waals surface area (Å²) in [6.07, 6.45) is 1.17. The Kier molecular flexibility index (Phi) is 5.52. The van der Waals surface area contributed by atoms with Gasteiger partial charge < -0.3 is 10.1 Å². The molecule has 3 aromatic rings. The normalized spacial score (nSPS) is 15.6. The fraction of sp³-hybridized carbons (Fsp3) is 0.333. The highest BCUT2D eigenvalue weighted by Crippen LogP contribution is 2.39. The van der Waals surface area contributed by atoms with Crippen molar-refractivity contribution in [3.8, 4) is 22.4 Å². The lowest BCUT2D eigenvalue weighted by molar-refractivity contribution is 0.0503. The van der Waals surface area contributed by atoms with Gasteiger partial charge in [0.15, 0.2) is 0 Å². The summed E-state index contributed by atoms with van der Waals surface area (Å²) in [4.78, 5) is 12.2. The van der Waals surface area contributed by atoms with Crippen molar-refractivity contribution in [3.63, 3.8) is 0 Å². The SMILES string of the molecule is Cc1cc(-c2c(F)cc(Cl)cc2-c2ccc3c(c2)CC[C@@H]3NC(=O)OC(C)(C)C)n[nH]1. The number of alkyl carbamates (subject to hydrolysis) is 1. The van der Waals surface area contributed by atoms with Gasteiger partial charge >= 0.3 is 6.09 Å². The average molecular weight is 442 g/mol. The Bertz CT molecular complexity index is 1150. The van der Waals surface area contributed by atoms with Crippen molar-refractivity contribution in [1.29, 1.82) is 0 Å². The standard InChI is InChI=1S/C24H25ClFN3O2/c1-13-9-21(29-28-13)22-18(11-16(25)12-19(22)26)15-5-7-17-14(10-15)6-8-20(17)27-23(30)31-24(2,3)4/h5,7,9-12,20H,6,8H2,1-4H3,(H,27,30)(H,28,29)/t20-/m0/s1. The van der Waals surface area contributed by atoms with E-state index >= 15 is 0 Å². The van der Waals surface area contributed by atoms with Crippen LogP contribution >= 0.6 is 11.6 Å². The van der Waals surface area contributed by atoms with Crippen LogP contribution in [-0.2, 0) is 11.2 Å². The van der Waals surface area contributed by atoms with Crippen LogP contribution in [0.25, 0.3) is 22.4 Å². The molecule has 0 saturated carbocycles. The van der Waals surface area contributed by atoms with Gasteiger partial charge in [-0.25, -0.2) is 9.18 Å². The molecule has 1 heterocycles. The van der Waals surface area contributed by atoms with Gasteiger partial charge in [0, 0.05) is 16.3 Å². The van der Waals surface area contributed by atoms with Crippen LogP contribution in [0.1, 0.15) is 50.1 Å². The molecule has 0 radical (unpaired) electrons. The first-order valence-corrected chi connectivity index (χ1v) is 10.6. The predicted molar refractivity (Wildman–Crippen MR) is 120 cm³/mol. The lowest BCUT2D eigenvalue weighted by Gasteiger charge is -2.22. The van der Waals surface area contributed by atoms with Gasteiger partial charge in [0.25, 0.3) is 0 Å². The number of nitrogens with one attached hydrogen (secondary N) is 2. The Labute approximate surface area is 186 Å². The van der Waals surface area contributed by atoms with E-state index in [0.29, 0.717) is 21.8 Å². The number of halogens is 2. The summed E-state index contributed by atoms with van der Waals surface area (Å²) in [5.41, 5.74) is 4.95. The summed E-state index contributed by atoms with van der Waals surface area (Å²) >= 11 is 6.19. The minimum atomic E-state index is -0.549. The van der Waals surface area contributed by atoms with E-state index in [0.717, 1.165) is 35.2 Å². The zero-order valence-electron chi connectivity index (χ0n) is 18.0. The molecule has 31 heavy (non-hydrogen) atoms. The Morgan fingerprint density at radius 1 is 1.26 bits per heavy atom. The van der Waals surface area contributed by atoms with Crippen LogP contribution in [0.5, 0.6) is 0 Å². The molecule has 0 saturated heterocycles. The summed E-state index contributed by atoms with van der Waals surface area (Å²) < 4.78 is 20.3. The number of aromatic amines is 1. The van der Waals surface area contributed by atoms with Gasteiger partial charge in [-0.1, -0.05) is 29.8 Å². The Morgan fingerprint density at radius 2 is 2.03 bits per heavy atom.